The lowest BCUT2D eigenvalue weighted by Crippen LogP contribution is -2.34. The number of carbonyl (C=O) groups excluding carboxylic acids is 1. The van der Waals surface area contributed by atoms with E-state index in [1.807, 2.05) is 24.1 Å². The number of hydrogen-bond acceptors (Lipinski definition) is 2. The van der Waals surface area contributed by atoms with Gasteiger partial charge in [-0.1, -0.05) is 6.08 Å². The second kappa shape index (κ2) is 7.62. The molecule has 0 saturated heterocycles. The summed E-state index contributed by atoms with van der Waals surface area (Å²) in [4.78, 5) is 17.2. The third-order valence-corrected chi connectivity index (χ3v) is 4.44. The standard InChI is InChI=1S/C19H23FN2O2/c1-2-24-11-3-4-19(23)22-9-7-14(8-10-22)17-13-21-18-12-15(20)5-6-16(17)18/h5-7,12-13,21H,2-4,8-11H2,1H3. The summed E-state index contributed by atoms with van der Waals surface area (Å²) in [5.41, 5.74) is 3.12. The summed E-state index contributed by atoms with van der Waals surface area (Å²) >= 11 is 0. The van der Waals surface area contributed by atoms with Gasteiger partial charge in [0.05, 0.1) is 0 Å². The lowest BCUT2D eigenvalue weighted by molar-refractivity contribution is -0.131. The smallest absolute Gasteiger partial charge is 0.222 e. The number of H-pyrrole nitrogens is 1. The lowest BCUT2D eigenvalue weighted by Gasteiger charge is -2.26. The second-order valence-electron chi connectivity index (χ2n) is 6.01. The summed E-state index contributed by atoms with van der Waals surface area (Å²) in [6, 6.07) is 4.80. The van der Waals surface area contributed by atoms with Crippen molar-refractivity contribution in [3.05, 3.63) is 41.9 Å². The van der Waals surface area contributed by atoms with Gasteiger partial charge in [-0.15, -0.1) is 0 Å². The van der Waals surface area contributed by atoms with Crippen molar-refractivity contribution in [2.75, 3.05) is 26.3 Å². The fourth-order valence-electron chi connectivity index (χ4n) is 3.13. The van der Waals surface area contributed by atoms with Crippen molar-refractivity contribution in [2.24, 2.45) is 0 Å². The van der Waals surface area contributed by atoms with Crippen LogP contribution in [0.5, 0.6) is 0 Å². The van der Waals surface area contributed by atoms with E-state index >= 15 is 0 Å². The molecule has 4 nitrogen and oxygen atoms in total. The number of amides is 1. The summed E-state index contributed by atoms with van der Waals surface area (Å²) in [5.74, 6) is -0.0525. The first-order valence-corrected chi connectivity index (χ1v) is 8.50. The molecule has 1 N–H and O–H groups in total. The maximum Gasteiger partial charge on any atom is 0.222 e. The van der Waals surface area contributed by atoms with E-state index in [9.17, 15) is 9.18 Å². The van der Waals surface area contributed by atoms with Gasteiger partial charge in [0.2, 0.25) is 5.91 Å². The number of hydrogen-bond donors (Lipinski definition) is 1. The van der Waals surface area contributed by atoms with Gasteiger partial charge < -0.3 is 14.6 Å². The molecule has 24 heavy (non-hydrogen) atoms. The summed E-state index contributed by atoms with van der Waals surface area (Å²) in [6.07, 6.45) is 6.16. The molecule has 0 atom stereocenters. The van der Waals surface area contributed by atoms with E-state index < -0.39 is 0 Å². The molecule has 3 rings (SSSR count). The molecule has 2 heterocycles. The predicted molar refractivity (Wildman–Crippen MR) is 93.2 cm³/mol. The van der Waals surface area contributed by atoms with E-state index in [2.05, 4.69) is 11.1 Å². The largest absolute Gasteiger partial charge is 0.382 e. The number of nitrogens with zero attached hydrogens (tertiary/aromatic N) is 1. The summed E-state index contributed by atoms with van der Waals surface area (Å²) < 4.78 is 18.6. The summed E-state index contributed by atoms with van der Waals surface area (Å²) in [5, 5.41) is 1.03. The van der Waals surface area contributed by atoms with Crippen LogP contribution in [0.25, 0.3) is 16.5 Å². The molecule has 0 saturated carbocycles. The van der Waals surface area contributed by atoms with Crippen LogP contribution in [0.15, 0.2) is 30.5 Å². The van der Waals surface area contributed by atoms with Gasteiger partial charge in [0, 0.05) is 55.4 Å². The van der Waals surface area contributed by atoms with Gasteiger partial charge >= 0.3 is 0 Å². The van der Waals surface area contributed by atoms with Crippen LogP contribution in [0.2, 0.25) is 0 Å². The Morgan fingerprint density at radius 3 is 3.04 bits per heavy atom. The van der Waals surface area contributed by atoms with Gasteiger partial charge in [-0.05, 0) is 43.5 Å². The minimum absolute atomic E-state index is 0.186. The topological polar surface area (TPSA) is 45.3 Å². The van der Waals surface area contributed by atoms with Crippen molar-refractivity contribution in [1.29, 1.82) is 0 Å². The van der Waals surface area contributed by atoms with Crippen molar-refractivity contribution in [1.82, 2.24) is 9.88 Å². The highest BCUT2D eigenvalue weighted by molar-refractivity contribution is 5.93. The zero-order chi connectivity index (χ0) is 16.9. The zero-order valence-corrected chi connectivity index (χ0v) is 14.0. The number of rotatable bonds is 6. The fourth-order valence-corrected chi connectivity index (χ4v) is 3.13. The third kappa shape index (κ3) is 3.67. The third-order valence-electron chi connectivity index (χ3n) is 4.44. The average Bonchev–Trinajstić information content (AvgIpc) is 3.01. The van der Waals surface area contributed by atoms with E-state index in [1.165, 1.54) is 17.7 Å². The van der Waals surface area contributed by atoms with E-state index in [0.29, 0.717) is 26.2 Å². The Morgan fingerprint density at radius 1 is 1.42 bits per heavy atom. The first-order chi connectivity index (χ1) is 11.7. The summed E-state index contributed by atoms with van der Waals surface area (Å²) in [7, 11) is 0. The Balaban J connectivity index is 1.63. The van der Waals surface area contributed by atoms with Crippen molar-refractivity contribution in [3.63, 3.8) is 0 Å². The van der Waals surface area contributed by atoms with Gasteiger partial charge in [0.1, 0.15) is 5.82 Å². The van der Waals surface area contributed by atoms with Crippen molar-refractivity contribution >= 4 is 22.4 Å². The number of aromatic amines is 1. The first kappa shape index (κ1) is 16.7. The predicted octanol–water partition coefficient (Wildman–Crippen LogP) is 3.74. The molecule has 0 radical (unpaired) electrons. The molecule has 1 aromatic heterocycles. The van der Waals surface area contributed by atoms with Crippen LogP contribution >= 0.6 is 0 Å². The highest BCUT2D eigenvalue weighted by atomic mass is 19.1. The minimum atomic E-state index is -0.239. The Hall–Kier alpha value is -2.14. The normalized spacial score (nSPS) is 14.9. The van der Waals surface area contributed by atoms with Crippen LogP contribution < -0.4 is 0 Å². The Morgan fingerprint density at radius 2 is 2.29 bits per heavy atom. The molecular formula is C19H23FN2O2. The van der Waals surface area contributed by atoms with Crippen LogP contribution in [-0.4, -0.2) is 42.1 Å². The van der Waals surface area contributed by atoms with E-state index in [0.717, 1.165) is 35.9 Å². The molecule has 1 aliphatic rings. The minimum Gasteiger partial charge on any atom is -0.382 e. The number of ether oxygens (including phenoxy) is 1. The number of nitrogens with one attached hydrogen (secondary N) is 1. The second-order valence-corrected chi connectivity index (χ2v) is 6.01. The zero-order valence-electron chi connectivity index (χ0n) is 14.0. The van der Waals surface area contributed by atoms with Crippen LogP contribution in [-0.2, 0) is 9.53 Å². The molecule has 1 amide bonds. The van der Waals surface area contributed by atoms with Crippen LogP contribution in [0.4, 0.5) is 4.39 Å². The number of halogens is 1. The van der Waals surface area contributed by atoms with Crippen LogP contribution in [0.1, 0.15) is 31.7 Å². The number of carbonyl (C=O) groups is 1. The van der Waals surface area contributed by atoms with Gasteiger partial charge in [-0.2, -0.15) is 0 Å². The molecule has 0 unspecified atom stereocenters. The first-order valence-electron chi connectivity index (χ1n) is 8.50. The number of fused-ring (bicyclic) bond motifs is 1. The molecular weight excluding hydrogens is 307 g/mol. The van der Waals surface area contributed by atoms with Crippen LogP contribution in [0.3, 0.4) is 0 Å². The monoisotopic (exact) mass is 330 g/mol. The molecule has 0 aliphatic carbocycles. The molecule has 2 aromatic rings. The van der Waals surface area contributed by atoms with Crippen molar-refractivity contribution in [2.45, 2.75) is 26.2 Å². The Kier molecular flexibility index (Phi) is 5.30. The number of aromatic nitrogens is 1. The molecule has 128 valence electrons. The lowest BCUT2D eigenvalue weighted by atomic mass is 9.98. The molecule has 1 aromatic carbocycles. The maximum absolute atomic E-state index is 13.3. The molecule has 0 spiro atoms. The van der Waals surface area contributed by atoms with E-state index in [4.69, 9.17) is 4.74 Å². The van der Waals surface area contributed by atoms with Crippen molar-refractivity contribution < 1.29 is 13.9 Å². The quantitative estimate of drug-likeness (QED) is 0.820. The summed E-state index contributed by atoms with van der Waals surface area (Å²) in [6.45, 7) is 4.66. The Bertz CT molecular complexity index is 751. The van der Waals surface area contributed by atoms with Crippen molar-refractivity contribution in [3.8, 4) is 0 Å². The molecule has 0 fully saturated rings. The highest BCUT2D eigenvalue weighted by Gasteiger charge is 2.19. The molecule has 5 heteroatoms. The van der Waals surface area contributed by atoms with Gasteiger partial charge in [-0.25, -0.2) is 4.39 Å². The average molecular weight is 330 g/mol. The SMILES string of the molecule is CCOCCCC(=O)N1CC=C(c2c[nH]c3cc(F)ccc23)CC1. The Labute approximate surface area is 141 Å². The number of benzene rings is 1. The van der Waals surface area contributed by atoms with Crippen LogP contribution in [0, 0.1) is 5.82 Å². The molecule has 0 bridgehead atoms. The fraction of sp³-hybridized carbons (Fsp3) is 0.421. The van der Waals surface area contributed by atoms with Gasteiger partial charge in [-0.3, -0.25) is 4.79 Å². The van der Waals surface area contributed by atoms with Gasteiger partial charge in [0.15, 0.2) is 0 Å². The highest BCUT2D eigenvalue weighted by Crippen LogP contribution is 2.29. The maximum atomic E-state index is 13.3. The van der Waals surface area contributed by atoms with E-state index in [1.54, 1.807) is 0 Å². The van der Waals surface area contributed by atoms with Gasteiger partial charge in [0.25, 0.3) is 0 Å². The van der Waals surface area contributed by atoms with E-state index in [-0.39, 0.29) is 11.7 Å². The molecule has 1 aliphatic heterocycles.